The summed E-state index contributed by atoms with van der Waals surface area (Å²) in [6.45, 7) is 9.94. The van der Waals surface area contributed by atoms with Crippen molar-refractivity contribution in [3.8, 4) is 5.88 Å². The molecule has 1 aliphatic heterocycles. The zero-order valence-electron chi connectivity index (χ0n) is 13.9. The molecule has 2 heterocycles. The van der Waals surface area contributed by atoms with E-state index in [2.05, 4.69) is 34.0 Å². The molecule has 22 heavy (non-hydrogen) atoms. The van der Waals surface area contributed by atoms with Gasteiger partial charge in [0.25, 0.3) is 0 Å². The van der Waals surface area contributed by atoms with Crippen molar-refractivity contribution in [2.75, 3.05) is 32.5 Å². The molecule has 0 unspecified atom stereocenters. The Morgan fingerprint density at radius 1 is 1.55 bits per heavy atom. The highest BCUT2D eigenvalue weighted by Crippen LogP contribution is 2.29. The van der Waals surface area contributed by atoms with Gasteiger partial charge in [-0.25, -0.2) is 4.98 Å². The van der Waals surface area contributed by atoms with Crippen LogP contribution in [0.4, 0.5) is 0 Å². The van der Waals surface area contributed by atoms with Gasteiger partial charge in [-0.1, -0.05) is 0 Å². The van der Waals surface area contributed by atoms with Crippen molar-refractivity contribution >= 4 is 17.7 Å². The van der Waals surface area contributed by atoms with Crippen LogP contribution < -0.4 is 10.1 Å². The number of nitrogens with one attached hydrogen (secondary N) is 1. The fourth-order valence-electron chi connectivity index (χ4n) is 2.50. The zero-order valence-corrected chi connectivity index (χ0v) is 14.7. The first-order valence-corrected chi connectivity index (χ1v) is 8.70. The normalized spacial score (nSPS) is 18.2. The summed E-state index contributed by atoms with van der Waals surface area (Å²) in [7, 11) is 1.84. The Morgan fingerprint density at radius 2 is 2.36 bits per heavy atom. The van der Waals surface area contributed by atoms with Crippen LogP contribution >= 0.6 is 11.8 Å². The van der Waals surface area contributed by atoms with E-state index in [4.69, 9.17) is 4.74 Å². The molecule has 1 saturated heterocycles. The molecule has 0 atom stereocenters. The number of hydrogen-bond acceptors (Lipinski definition) is 4. The van der Waals surface area contributed by atoms with E-state index in [-0.39, 0.29) is 4.75 Å². The van der Waals surface area contributed by atoms with E-state index < -0.39 is 0 Å². The summed E-state index contributed by atoms with van der Waals surface area (Å²) in [5, 5.41) is 3.45. The van der Waals surface area contributed by atoms with Crippen LogP contribution in [-0.2, 0) is 6.54 Å². The maximum Gasteiger partial charge on any atom is 0.213 e. The number of pyridine rings is 1. The van der Waals surface area contributed by atoms with Gasteiger partial charge >= 0.3 is 0 Å². The van der Waals surface area contributed by atoms with Crippen molar-refractivity contribution in [1.82, 2.24) is 15.2 Å². The molecule has 0 bridgehead atoms. The van der Waals surface area contributed by atoms with Crippen LogP contribution in [0.15, 0.2) is 23.3 Å². The first-order valence-electron chi connectivity index (χ1n) is 7.71. The molecule has 1 aromatic rings. The second kappa shape index (κ2) is 7.72. The van der Waals surface area contributed by atoms with Gasteiger partial charge < -0.3 is 15.0 Å². The van der Waals surface area contributed by atoms with Gasteiger partial charge in [0, 0.05) is 49.4 Å². The van der Waals surface area contributed by atoms with Gasteiger partial charge in [0.1, 0.15) is 0 Å². The van der Waals surface area contributed by atoms with E-state index in [9.17, 15) is 0 Å². The quantitative estimate of drug-likeness (QED) is 0.681. The van der Waals surface area contributed by atoms with Gasteiger partial charge in [-0.05, 0) is 32.4 Å². The number of guanidine groups is 1. The standard InChI is InChI=1S/C16H26N4OS/c1-5-21-14-10-13(6-7-18-14)11-19-15(17-4)20-8-9-22-16(2,3)12-20/h6-7,10H,5,8-9,11-12H2,1-4H3,(H,17,19). The minimum absolute atomic E-state index is 0.272. The number of aromatic nitrogens is 1. The molecule has 5 nitrogen and oxygen atoms in total. The molecule has 122 valence electrons. The van der Waals surface area contributed by atoms with E-state index >= 15 is 0 Å². The summed E-state index contributed by atoms with van der Waals surface area (Å²) in [5.74, 6) is 2.77. The Hall–Kier alpha value is -1.43. The molecule has 6 heteroatoms. The molecule has 0 aromatic carbocycles. The third-order valence-corrected chi connectivity index (χ3v) is 4.78. The summed E-state index contributed by atoms with van der Waals surface area (Å²) in [6.07, 6.45) is 1.78. The smallest absolute Gasteiger partial charge is 0.213 e. The summed E-state index contributed by atoms with van der Waals surface area (Å²) < 4.78 is 5.71. The molecule has 0 radical (unpaired) electrons. The second-order valence-corrected chi connectivity index (χ2v) is 7.67. The lowest BCUT2D eigenvalue weighted by Gasteiger charge is -2.39. The van der Waals surface area contributed by atoms with Crippen LogP contribution in [0.25, 0.3) is 0 Å². The summed E-state index contributed by atoms with van der Waals surface area (Å²) in [4.78, 5) is 11.0. The van der Waals surface area contributed by atoms with Crippen molar-refractivity contribution in [2.45, 2.75) is 32.1 Å². The highest BCUT2D eigenvalue weighted by atomic mass is 32.2. The Morgan fingerprint density at radius 3 is 3.05 bits per heavy atom. The van der Waals surface area contributed by atoms with E-state index in [1.807, 2.05) is 37.9 Å². The van der Waals surface area contributed by atoms with Crippen LogP contribution in [-0.4, -0.2) is 53.1 Å². The molecule has 1 N–H and O–H groups in total. The molecular weight excluding hydrogens is 296 g/mol. The number of hydrogen-bond donors (Lipinski definition) is 1. The molecule has 1 fully saturated rings. The lowest BCUT2D eigenvalue weighted by atomic mass is 10.2. The summed E-state index contributed by atoms with van der Waals surface area (Å²) in [6, 6.07) is 3.97. The summed E-state index contributed by atoms with van der Waals surface area (Å²) in [5.41, 5.74) is 1.14. The van der Waals surface area contributed by atoms with Gasteiger partial charge in [-0.2, -0.15) is 11.8 Å². The van der Waals surface area contributed by atoms with Crippen molar-refractivity contribution in [1.29, 1.82) is 0 Å². The monoisotopic (exact) mass is 322 g/mol. The van der Waals surface area contributed by atoms with Gasteiger partial charge in [0.05, 0.1) is 6.61 Å². The lowest BCUT2D eigenvalue weighted by molar-refractivity contribution is 0.326. The predicted molar refractivity (Wildman–Crippen MR) is 93.7 cm³/mol. The number of nitrogens with zero attached hydrogens (tertiary/aromatic N) is 3. The molecule has 1 aliphatic rings. The predicted octanol–water partition coefficient (Wildman–Crippen LogP) is 2.38. The van der Waals surface area contributed by atoms with Crippen molar-refractivity contribution in [2.24, 2.45) is 4.99 Å². The highest BCUT2D eigenvalue weighted by Gasteiger charge is 2.28. The summed E-state index contributed by atoms with van der Waals surface area (Å²) >= 11 is 2.02. The van der Waals surface area contributed by atoms with Gasteiger partial charge in [0.15, 0.2) is 5.96 Å². The van der Waals surface area contributed by atoms with Gasteiger partial charge in [-0.15, -0.1) is 0 Å². The van der Waals surface area contributed by atoms with Crippen molar-refractivity contribution in [3.05, 3.63) is 23.9 Å². The first-order chi connectivity index (χ1) is 10.5. The van der Waals surface area contributed by atoms with Gasteiger partial charge in [-0.3, -0.25) is 4.99 Å². The topological polar surface area (TPSA) is 49.8 Å². The van der Waals surface area contributed by atoms with Crippen LogP contribution in [0.5, 0.6) is 5.88 Å². The van der Waals surface area contributed by atoms with E-state index in [1.165, 1.54) is 0 Å². The lowest BCUT2D eigenvalue weighted by Crippen LogP contribution is -2.50. The fourth-order valence-corrected chi connectivity index (χ4v) is 3.61. The molecule has 2 rings (SSSR count). The van der Waals surface area contributed by atoms with E-state index in [0.717, 1.165) is 36.9 Å². The highest BCUT2D eigenvalue weighted by molar-refractivity contribution is 8.00. The minimum Gasteiger partial charge on any atom is -0.478 e. The molecule has 0 spiro atoms. The average Bonchev–Trinajstić information content (AvgIpc) is 2.48. The van der Waals surface area contributed by atoms with Crippen molar-refractivity contribution < 1.29 is 4.74 Å². The van der Waals surface area contributed by atoms with E-state index in [0.29, 0.717) is 12.5 Å². The largest absolute Gasteiger partial charge is 0.478 e. The van der Waals surface area contributed by atoms with Crippen LogP contribution in [0.2, 0.25) is 0 Å². The third kappa shape index (κ3) is 4.80. The Bertz CT molecular complexity index is 519. The van der Waals surface area contributed by atoms with Crippen LogP contribution in [0, 0.1) is 0 Å². The number of aliphatic imine (C=N–C) groups is 1. The molecule has 0 aliphatic carbocycles. The Labute approximate surface area is 137 Å². The first kappa shape index (κ1) is 16.9. The number of ether oxygens (including phenoxy) is 1. The average molecular weight is 322 g/mol. The number of rotatable bonds is 4. The molecule has 0 saturated carbocycles. The Balaban J connectivity index is 1.95. The maximum absolute atomic E-state index is 5.44. The van der Waals surface area contributed by atoms with Crippen LogP contribution in [0.1, 0.15) is 26.3 Å². The number of thioether (sulfide) groups is 1. The maximum atomic E-state index is 5.44. The molecular formula is C16H26N4OS. The minimum atomic E-state index is 0.272. The van der Waals surface area contributed by atoms with Crippen LogP contribution in [0.3, 0.4) is 0 Å². The zero-order chi connectivity index (χ0) is 16.0. The SMILES string of the molecule is CCOc1cc(CNC(=NC)N2CCSC(C)(C)C2)ccn1. The molecule has 0 amide bonds. The second-order valence-electron chi connectivity index (χ2n) is 5.87. The Kier molecular flexibility index (Phi) is 5.94. The van der Waals surface area contributed by atoms with Gasteiger partial charge in [0.2, 0.25) is 5.88 Å². The third-order valence-electron chi connectivity index (χ3n) is 3.48. The van der Waals surface area contributed by atoms with E-state index in [1.54, 1.807) is 6.20 Å². The fraction of sp³-hybridized carbons (Fsp3) is 0.625. The van der Waals surface area contributed by atoms with Crippen molar-refractivity contribution in [3.63, 3.8) is 0 Å². The molecule has 1 aromatic heterocycles.